The van der Waals surface area contributed by atoms with E-state index in [9.17, 15) is 0 Å². The first-order chi connectivity index (χ1) is 11.4. The Labute approximate surface area is 138 Å². The molecule has 1 heterocycles. The average molecular weight is 307 g/mol. The highest BCUT2D eigenvalue weighted by Gasteiger charge is 2.14. The van der Waals surface area contributed by atoms with E-state index in [1.54, 1.807) is 0 Å². The fraction of sp³-hybridized carbons (Fsp3) is 0.350. The van der Waals surface area contributed by atoms with Crippen molar-refractivity contribution in [3.05, 3.63) is 71.8 Å². The summed E-state index contributed by atoms with van der Waals surface area (Å²) in [4.78, 5) is 4.64. The van der Waals surface area contributed by atoms with Gasteiger partial charge in [-0.15, -0.1) is 0 Å². The predicted molar refractivity (Wildman–Crippen MR) is 96.9 cm³/mol. The van der Waals surface area contributed by atoms with Crippen LogP contribution in [0.4, 0.5) is 0 Å². The van der Waals surface area contributed by atoms with Crippen molar-refractivity contribution >= 4 is 5.96 Å². The fourth-order valence-electron chi connectivity index (χ4n) is 2.98. The lowest BCUT2D eigenvalue weighted by Gasteiger charge is -2.21. The van der Waals surface area contributed by atoms with Crippen LogP contribution in [0, 0.1) is 0 Å². The maximum absolute atomic E-state index is 4.64. The maximum atomic E-state index is 4.64. The summed E-state index contributed by atoms with van der Waals surface area (Å²) in [5, 5.41) is 6.94. The van der Waals surface area contributed by atoms with E-state index in [1.165, 1.54) is 30.4 Å². The zero-order valence-electron chi connectivity index (χ0n) is 13.5. The van der Waals surface area contributed by atoms with Crippen LogP contribution in [0.3, 0.4) is 0 Å². The summed E-state index contributed by atoms with van der Waals surface area (Å²) >= 11 is 0. The van der Waals surface area contributed by atoms with Crippen molar-refractivity contribution in [3.8, 4) is 0 Å². The van der Waals surface area contributed by atoms with E-state index in [-0.39, 0.29) is 0 Å². The van der Waals surface area contributed by atoms with Crippen LogP contribution >= 0.6 is 0 Å². The first kappa shape index (κ1) is 15.6. The van der Waals surface area contributed by atoms with Crippen LogP contribution in [0.15, 0.2) is 65.7 Å². The van der Waals surface area contributed by atoms with Crippen LogP contribution in [0.1, 0.15) is 36.3 Å². The second-order valence-corrected chi connectivity index (χ2v) is 5.97. The molecule has 2 aromatic rings. The first-order valence-corrected chi connectivity index (χ1v) is 8.55. The van der Waals surface area contributed by atoms with Gasteiger partial charge in [0.05, 0.1) is 0 Å². The molecule has 120 valence electrons. The Balaban J connectivity index is 1.74. The molecule has 0 aromatic heterocycles. The number of rotatable bonds is 4. The smallest absolute Gasteiger partial charge is 0.191 e. The van der Waals surface area contributed by atoms with Gasteiger partial charge >= 0.3 is 0 Å². The molecule has 0 amide bonds. The van der Waals surface area contributed by atoms with Crippen LogP contribution in [-0.2, 0) is 0 Å². The van der Waals surface area contributed by atoms with E-state index in [0.29, 0.717) is 5.92 Å². The second-order valence-electron chi connectivity index (χ2n) is 5.97. The SMILES string of the molecule is c1ccc(C(CNC2=NCCCCCN2)c2ccccc2)cc1. The quantitative estimate of drug-likeness (QED) is 0.906. The van der Waals surface area contributed by atoms with Gasteiger partial charge in [-0.25, -0.2) is 0 Å². The molecular weight excluding hydrogens is 282 g/mol. The minimum atomic E-state index is 0.326. The number of guanidine groups is 1. The van der Waals surface area contributed by atoms with Gasteiger partial charge in [0.25, 0.3) is 0 Å². The van der Waals surface area contributed by atoms with Crippen molar-refractivity contribution in [2.45, 2.75) is 25.2 Å². The Morgan fingerprint density at radius 2 is 1.52 bits per heavy atom. The fourth-order valence-corrected chi connectivity index (χ4v) is 2.98. The van der Waals surface area contributed by atoms with Crippen LogP contribution in [-0.4, -0.2) is 25.6 Å². The summed E-state index contributed by atoms with van der Waals surface area (Å²) in [7, 11) is 0. The molecule has 1 aliphatic rings. The molecule has 0 saturated heterocycles. The Bertz CT molecular complexity index is 568. The van der Waals surface area contributed by atoms with Crippen LogP contribution in [0.2, 0.25) is 0 Å². The zero-order chi connectivity index (χ0) is 15.7. The highest BCUT2D eigenvalue weighted by Crippen LogP contribution is 2.23. The van der Waals surface area contributed by atoms with Gasteiger partial charge in [0.2, 0.25) is 0 Å². The van der Waals surface area contributed by atoms with E-state index in [0.717, 1.165) is 25.6 Å². The predicted octanol–water partition coefficient (Wildman–Crippen LogP) is 3.54. The standard InChI is InChI=1S/C20H25N3/c1-4-10-17(11-5-1)19(18-12-6-2-7-13-18)16-23-20-21-14-8-3-9-15-22-20/h1-2,4-7,10-13,19H,3,8-9,14-16H2,(H2,21,22,23). The van der Waals surface area contributed by atoms with E-state index in [2.05, 4.69) is 76.3 Å². The second kappa shape index (κ2) is 8.37. The minimum absolute atomic E-state index is 0.326. The zero-order valence-corrected chi connectivity index (χ0v) is 13.5. The molecule has 0 spiro atoms. The molecule has 0 saturated carbocycles. The lowest BCUT2D eigenvalue weighted by molar-refractivity contribution is 0.631. The van der Waals surface area contributed by atoms with Gasteiger partial charge in [-0.3, -0.25) is 4.99 Å². The third-order valence-corrected chi connectivity index (χ3v) is 4.27. The molecule has 3 nitrogen and oxygen atoms in total. The van der Waals surface area contributed by atoms with Crippen molar-refractivity contribution < 1.29 is 0 Å². The van der Waals surface area contributed by atoms with Crippen molar-refractivity contribution in [2.24, 2.45) is 4.99 Å². The Hall–Kier alpha value is -2.29. The highest BCUT2D eigenvalue weighted by atomic mass is 15.2. The lowest BCUT2D eigenvalue weighted by atomic mass is 9.91. The molecule has 0 unspecified atom stereocenters. The Morgan fingerprint density at radius 1 is 0.870 bits per heavy atom. The topological polar surface area (TPSA) is 36.4 Å². The maximum Gasteiger partial charge on any atom is 0.191 e. The normalized spacial score (nSPS) is 15.3. The molecular formula is C20H25N3. The molecule has 0 aliphatic carbocycles. The van der Waals surface area contributed by atoms with Crippen molar-refractivity contribution in [2.75, 3.05) is 19.6 Å². The molecule has 0 bridgehead atoms. The number of nitrogens with one attached hydrogen (secondary N) is 2. The minimum Gasteiger partial charge on any atom is -0.356 e. The Morgan fingerprint density at radius 3 is 2.17 bits per heavy atom. The molecule has 0 radical (unpaired) electrons. The monoisotopic (exact) mass is 307 g/mol. The number of hydrogen-bond donors (Lipinski definition) is 2. The first-order valence-electron chi connectivity index (χ1n) is 8.55. The van der Waals surface area contributed by atoms with Gasteiger partial charge in [0.15, 0.2) is 5.96 Å². The lowest BCUT2D eigenvalue weighted by Crippen LogP contribution is -2.40. The van der Waals surface area contributed by atoms with Gasteiger partial charge in [-0.05, 0) is 30.4 Å². The van der Waals surface area contributed by atoms with Gasteiger partial charge in [0, 0.05) is 25.6 Å². The van der Waals surface area contributed by atoms with Gasteiger partial charge in [-0.1, -0.05) is 60.7 Å². The molecule has 0 fully saturated rings. The van der Waals surface area contributed by atoms with Crippen LogP contribution < -0.4 is 10.6 Å². The molecule has 23 heavy (non-hydrogen) atoms. The molecule has 2 aromatic carbocycles. The van der Waals surface area contributed by atoms with Crippen molar-refractivity contribution in [1.82, 2.24) is 10.6 Å². The van der Waals surface area contributed by atoms with Gasteiger partial charge < -0.3 is 10.6 Å². The number of nitrogens with zero attached hydrogens (tertiary/aromatic N) is 1. The molecule has 3 rings (SSSR count). The Kier molecular flexibility index (Phi) is 5.68. The number of aliphatic imine (C=N–C) groups is 1. The highest BCUT2D eigenvalue weighted by molar-refractivity contribution is 5.79. The van der Waals surface area contributed by atoms with E-state index >= 15 is 0 Å². The van der Waals surface area contributed by atoms with Crippen molar-refractivity contribution in [1.29, 1.82) is 0 Å². The summed E-state index contributed by atoms with van der Waals surface area (Å²) in [5.41, 5.74) is 2.66. The number of benzene rings is 2. The molecule has 2 N–H and O–H groups in total. The van der Waals surface area contributed by atoms with Crippen LogP contribution in [0.25, 0.3) is 0 Å². The summed E-state index contributed by atoms with van der Waals surface area (Å²) in [6.45, 7) is 2.77. The molecule has 0 atom stereocenters. The van der Waals surface area contributed by atoms with Gasteiger partial charge in [-0.2, -0.15) is 0 Å². The van der Waals surface area contributed by atoms with E-state index in [4.69, 9.17) is 0 Å². The third-order valence-electron chi connectivity index (χ3n) is 4.27. The van der Waals surface area contributed by atoms with Crippen molar-refractivity contribution in [3.63, 3.8) is 0 Å². The molecule has 3 heteroatoms. The van der Waals surface area contributed by atoms with Crippen LogP contribution in [0.5, 0.6) is 0 Å². The van der Waals surface area contributed by atoms with E-state index < -0.39 is 0 Å². The third kappa shape index (κ3) is 4.59. The number of hydrogen-bond acceptors (Lipinski definition) is 3. The summed E-state index contributed by atoms with van der Waals surface area (Å²) in [5.74, 6) is 1.27. The summed E-state index contributed by atoms with van der Waals surface area (Å²) < 4.78 is 0. The largest absolute Gasteiger partial charge is 0.356 e. The summed E-state index contributed by atoms with van der Waals surface area (Å²) in [6.07, 6.45) is 3.68. The summed E-state index contributed by atoms with van der Waals surface area (Å²) in [6, 6.07) is 21.4. The molecule has 1 aliphatic heterocycles. The van der Waals surface area contributed by atoms with E-state index in [1.807, 2.05) is 0 Å². The average Bonchev–Trinajstić information content (AvgIpc) is 2.58. The van der Waals surface area contributed by atoms with Gasteiger partial charge in [0.1, 0.15) is 0 Å².